The molecule has 0 aliphatic carbocycles. The number of hydrogen-bond donors (Lipinski definition) is 0. The second kappa shape index (κ2) is 7.84. The van der Waals surface area contributed by atoms with Crippen LogP contribution < -0.4 is 4.74 Å². The molecule has 0 radical (unpaired) electrons. The van der Waals surface area contributed by atoms with Crippen LogP contribution in [0.15, 0.2) is 47.4 Å². The van der Waals surface area contributed by atoms with E-state index in [-0.39, 0.29) is 16.2 Å². The lowest BCUT2D eigenvalue weighted by Gasteiger charge is -2.15. The number of methoxy groups -OCH3 is 1. The number of rotatable bonds is 6. The monoisotopic (exact) mass is 381 g/mol. The number of carbonyl (C=O) groups excluding carboxylic acids is 1. The van der Waals surface area contributed by atoms with Crippen LogP contribution in [-0.4, -0.2) is 39.9 Å². The first-order chi connectivity index (χ1) is 12.2. The second-order valence-electron chi connectivity index (χ2n) is 5.76. The summed E-state index contributed by atoms with van der Waals surface area (Å²) in [7, 11) is 0.499. The van der Waals surface area contributed by atoms with Crippen molar-refractivity contribution in [2.45, 2.75) is 17.9 Å². The third-order valence-corrected chi connectivity index (χ3v) is 5.59. The summed E-state index contributed by atoms with van der Waals surface area (Å²) in [5.74, 6) is -1.18. The van der Waals surface area contributed by atoms with Crippen LogP contribution in [0.2, 0.25) is 0 Å². The predicted octanol–water partition coefficient (Wildman–Crippen LogP) is 3.00. The van der Waals surface area contributed by atoms with Gasteiger partial charge in [0, 0.05) is 14.1 Å². The van der Waals surface area contributed by atoms with E-state index in [1.807, 2.05) is 0 Å². The second-order valence-corrected chi connectivity index (χ2v) is 7.91. The van der Waals surface area contributed by atoms with Gasteiger partial charge in [-0.3, -0.25) is 0 Å². The highest BCUT2D eigenvalue weighted by Crippen LogP contribution is 2.25. The van der Waals surface area contributed by atoms with Crippen LogP contribution in [0.3, 0.4) is 0 Å². The van der Waals surface area contributed by atoms with Crippen molar-refractivity contribution in [3.05, 3.63) is 59.4 Å². The maximum absolute atomic E-state index is 13.8. The molecule has 0 saturated heterocycles. The van der Waals surface area contributed by atoms with Gasteiger partial charge in [0.15, 0.2) is 11.6 Å². The summed E-state index contributed by atoms with van der Waals surface area (Å²) in [6.07, 6.45) is -0.725. The van der Waals surface area contributed by atoms with Gasteiger partial charge in [0.05, 0.1) is 17.6 Å². The Morgan fingerprint density at radius 2 is 1.85 bits per heavy atom. The van der Waals surface area contributed by atoms with Gasteiger partial charge in [0.2, 0.25) is 10.0 Å². The van der Waals surface area contributed by atoms with E-state index in [9.17, 15) is 17.6 Å². The van der Waals surface area contributed by atoms with Gasteiger partial charge < -0.3 is 9.47 Å². The van der Waals surface area contributed by atoms with Crippen LogP contribution in [-0.2, 0) is 14.8 Å². The molecule has 0 bridgehead atoms. The van der Waals surface area contributed by atoms with Crippen molar-refractivity contribution in [2.24, 2.45) is 0 Å². The van der Waals surface area contributed by atoms with Crippen LogP contribution in [0.5, 0.6) is 5.75 Å². The number of sulfonamides is 1. The van der Waals surface area contributed by atoms with Crippen molar-refractivity contribution in [1.82, 2.24) is 4.31 Å². The zero-order chi connectivity index (χ0) is 19.5. The highest BCUT2D eigenvalue weighted by atomic mass is 32.2. The summed E-state index contributed by atoms with van der Waals surface area (Å²) in [6, 6.07) is 9.83. The molecule has 0 spiro atoms. The summed E-state index contributed by atoms with van der Waals surface area (Å²) in [5.41, 5.74) is 0.544. The van der Waals surface area contributed by atoms with Crippen molar-refractivity contribution < 1.29 is 27.1 Å². The molecular weight excluding hydrogens is 361 g/mol. The van der Waals surface area contributed by atoms with Gasteiger partial charge in [-0.05, 0) is 42.8 Å². The average molecular weight is 381 g/mol. The van der Waals surface area contributed by atoms with E-state index in [1.54, 1.807) is 13.0 Å². The van der Waals surface area contributed by atoms with Gasteiger partial charge >= 0.3 is 5.97 Å². The number of esters is 1. The van der Waals surface area contributed by atoms with Crippen molar-refractivity contribution >= 4 is 16.0 Å². The van der Waals surface area contributed by atoms with Crippen molar-refractivity contribution in [3.8, 4) is 5.75 Å². The number of nitrogens with zero attached hydrogens (tertiary/aromatic N) is 1. The van der Waals surface area contributed by atoms with E-state index >= 15 is 0 Å². The summed E-state index contributed by atoms with van der Waals surface area (Å²) in [5, 5.41) is 0. The first-order valence-electron chi connectivity index (χ1n) is 7.74. The summed E-state index contributed by atoms with van der Waals surface area (Å²) < 4.78 is 49.4. The molecule has 0 fully saturated rings. The Morgan fingerprint density at radius 3 is 2.42 bits per heavy atom. The summed E-state index contributed by atoms with van der Waals surface area (Å²) in [6.45, 7) is 1.60. The number of halogens is 1. The van der Waals surface area contributed by atoms with Gasteiger partial charge in [-0.1, -0.05) is 12.1 Å². The zero-order valence-corrected chi connectivity index (χ0v) is 15.7. The molecule has 140 valence electrons. The third kappa shape index (κ3) is 4.20. The lowest BCUT2D eigenvalue weighted by atomic mass is 10.1. The first-order valence-corrected chi connectivity index (χ1v) is 9.18. The lowest BCUT2D eigenvalue weighted by Crippen LogP contribution is -2.22. The number of hydrogen-bond acceptors (Lipinski definition) is 5. The molecule has 0 heterocycles. The van der Waals surface area contributed by atoms with E-state index in [4.69, 9.17) is 9.47 Å². The molecule has 0 N–H and O–H groups in total. The van der Waals surface area contributed by atoms with E-state index in [1.165, 1.54) is 57.6 Å². The molecule has 0 saturated carbocycles. The Labute approximate surface area is 152 Å². The Hall–Kier alpha value is -2.45. The van der Waals surface area contributed by atoms with Crippen LogP contribution in [0.4, 0.5) is 4.39 Å². The van der Waals surface area contributed by atoms with E-state index < -0.39 is 27.9 Å². The van der Waals surface area contributed by atoms with E-state index in [0.717, 1.165) is 4.31 Å². The van der Waals surface area contributed by atoms with Gasteiger partial charge in [-0.2, -0.15) is 0 Å². The molecular formula is C18H20FNO5S. The van der Waals surface area contributed by atoms with Crippen LogP contribution in [0.1, 0.15) is 28.9 Å². The Balaban J connectivity index is 2.21. The minimum absolute atomic E-state index is 0.0138. The maximum Gasteiger partial charge on any atom is 0.338 e. The molecule has 2 aromatic rings. The van der Waals surface area contributed by atoms with Crippen molar-refractivity contribution in [1.29, 1.82) is 0 Å². The van der Waals surface area contributed by atoms with Crippen LogP contribution >= 0.6 is 0 Å². The summed E-state index contributed by atoms with van der Waals surface area (Å²) in [4.78, 5) is 12.3. The van der Waals surface area contributed by atoms with Crippen LogP contribution in [0.25, 0.3) is 0 Å². The van der Waals surface area contributed by atoms with Gasteiger partial charge in [-0.15, -0.1) is 0 Å². The Bertz CT molecular complexity index is 912. The molecule has 2 rings (SSSR count). The highest BCUT2D eigenvalue weighted by Gasteiger charge is 2.20. The average Bonchev–Trinajstić information content (AvgIpc) is 2.61. The first kappa shape index (κ1) is 19.9. The molecule has 0 unspecified atom stereocenters. The topological polar surface area (TPSA) is 72.9 Å². The van der Waals surface area contributed by atoms with Gasteiger partial charge in [-0.25, -0.2) is 21.9 Å². The van der Waals surface area contributed by atoms with Crippen LogP contribution in [0, 0.1) is 5.82 Å². The molecule has 1 atom stereocenters. The lowest BCUT2D eigenvalue weighted by molar-refractivity contribution is 0.0337. The third-order valence-electron chi connectivity index (χ3n) is 3.78. The van der Waals surface area contributed by atoms with E-state index in [2.05, 4.69) is 0 Å². The fraction of sp³-hybridized carbons (Fsp3) is 0.278. The molecule has 0 aliphatic heterocycles. The zero-order valence-electron chi connectivity index (χ0n) is 14.9. The maximum atomic E-state index is 13.8. The normalized spacial score (nSPS) is 12.7. The fourth-order valence-corrected chi connectivity index (χ4v) is 3.17. The van der Waals surface area contributed by atoms with Crippen molar-refractivity contribution in [3.63, 3.8) is 0 Å². The molecule has 8 heteroatoms. The van der Waals surface area contributed by atoms with E-state index in [0.29, 0.717) is 5.56 Å². The van der Waals surface area contributed by atoms with Gasteiger partial charge in [0.1, 0.15) is 6.10 Å². The van der Waals surface area contributed by atoms with Crippen molar-refractivity contribution in [2.75, 3.05) is 21.2 Å². The number of benzene rings is 2. The molecule has 0 aliphatic rings. The summed E-state index contributed by atoms with van der Waals surface area (Å²) >= 11 is 0. The smallest absolute Gasteiger partial charge is 0.338 e. The number of ether oxygens (including phenoxy) is 2. The molecule has 26 heavy (non-hydrogen) atoms. The minimum atomic E-state index is -3.66. The molecule has 2 aromatic carbocycles. The fourth-order valence-electron chi connectivity index (χ4n) is 2.23. The Kier molecular flexibility index (Phi) is 5.99. The minimum Gasteiger partial charge on any atom is -0.494 e. The largest absolute Gasteiger partial charge is 0.494 e. The number of carbonyl (C=O) groups is 1. The quantitative estimate of drug-likeness (QED) is 0.719. The Morgan fingerprint density at radius 1 is 1.15 bits per heavy atom. The highest BCUT2D eigenvalue weighted by molar-refractivity contribution is 7.89. The predicted molar refractivity (Wildman–Crippen MR) is 94.1 cm³/mol. The molecule has 0 aromatic heterocycles. The standard InChI is InChI=1S/C18H20FNO5S/c1-12(13-8-9-17(24-4)16(19)11-13)25-18(21)14-6-5-7-15(10-14)26(22,23)20(2)3/h5-12H,1-4H3/t12-/m0/s1. The SMILES string of the molecule is COc1ccc([C@H](C)OC(=O)c2cccc(S(=O)(=O)N(C)C)c2)cc1F. The molecule has 6 nitrogen and oxygen atoms in total. The van der Waals surface area contributed by atoms with Gasteiger partial charge in [0.25, 0.3) is 0 Å². The molecule has 0 amide bonds.